The molecule has 0 radical (unpaired) electrons. The van der Waals surface area contributed by atoms with Crippen LogP contribution in [0.25, 0.3) is 16.0 Å². The second-order valence-electron chi connectivity index (χ2n) is 8.88. The molecule has 1 saturated heterocycles. The SMILES string of the molecule is CC[C@H](C)n1c(=O)c2sccc2n2c(CCCC(=O)N3CCN(c4ccccc4)CC3)nnc12. The van der Waals surface area contributed by atoms with E-state index in [1.54, 1.807) is 4.57 Å². The van der Waals surface area contributed by atoms with Crippen molar-refractivity contribution in [1.82, 2.24) is 24.1 Å². The summed E-state index contributed by atoms with van der Waals surface area (Å²) in [6, 6.07) is 12.3. The summed E-state index contributed by atoms with van der Waals surface area (Å²) in [5, 5.41) is 10.7. The monoisotopic (exact) mass is 478 g/mol. The van der Waals surface area contributed by atoms with E-state index >= 15 is 0 Å². The van der Waals surface area contributed by atoms with E-state index in [2.05, 4.69) is 34.2 Å². The second kappa shape index (κ2) is 9.58. The molecule has 4 heterocycles. The number of thiophene rings is 1. The van der Waals surface area contributed by atoms with Crippen molar-refractivity contribution in [1.29, 1.82) is 0 Å². The molecular weight excluding hydrogens is 448 g/mol. The maximum atomic E-state index is 13.0. The molecule has 0 bridgehead atoms. The summed E-state index contributed by atoms with van der Waals surface area (Å²) in [4.78, 5) is 30.2. The van der Waals surface area contributed by atoms with Crippen LogP contribution in [0.3, 0.4) is 0 Å². The molecule has 1 aliphatic heterocycles. The van der Waals surface area contributed by atoms with Crippen molar-refractivity contribution in [2.24, 2.45) is 0 Å². The number of fused-ring (bicyclic) bond motifs is 3. The summed E-state index contributed by atoms with van der Waals surface area (Å²) < 4.78 is 4.48. The number of anilines is 1. The fourth-order valence-electron chi connectivity index (χ4n) is 4.70. The van der Waals surface area contributed by atoms with Crippen LogP contribution in [0, 0.1) is 0 Å². The minimum atomic E-state index is -0.00405. The van der Waals surface area contributed by atoms with Gasteiger partial charge in [-0.2, -0.15) is 0 Å². The van der Waals surface area contributed by atoms with Gasteiger partial charge in [-0.25, -0.2) is 0 Å². The molecule has 4 aromatic rings. The molecule has 0 aliphatic carbocycles. The first-order valence-corrected chi connectivity index (χ1v) is 12.9. The Bertz CT molecular complexity index is 1350. The molecule has 1 amide bonds. The average Bonchev–Trinajstić information content (AvgIpc) is 3.52. The third-order valence-electron chi connectivity index (χ3n) is 6.80. The molecule has 3 aromatic heterocycles. The Labute approximate surface area is 202 Å². The van der Waals surface area contributed by atoms with E-state index in [0.29, 0.717) is 25.0 Å². The van der Waals surface area contributed by atoms with Gasteiger partial charge in [-0.15, -0.1) is 21.5 Å². The van der Waals surface area contributed by atoms with Gasteiger partial charge in [0, 0.05) is 50.7 Å². The van der Waals surface area contributed by atoms with Crippen LogP contribution in [0.4, 0.5) is 5.69 Å². The maximum absolute atomic E-state index is 13.0. The fourth-order valence-corrected chi connectivity index (χ4v) is 5.51. The molecule has 0 saturated carbocycles. The number of amides is 1. The van der Waals surface area contributed by atoms with Crippen molar-refractivity contribution in [2.45, 2.75) is 45.6 Å². The lowest BCUT2D eigenvalue weighted by Gasteiger charge is -2.36. The summed E-state index contributed by atoms with van der Waals surface area (Å²) in [5.41, 5.74) is 2.06. The highest BCUT2D eigenvalue weighted by molar-refractivity contribution is 7.17. The topological polar surface area (TPSA) is 75.7 Å². The zero-order chi connectivity index (χ0) is 23.7. The van der Waals surface area contributed by atoms with Crippen LogP contribution >= 0.6 is 11.3 Å². The fraction of sp³-hybridized carbons (Fsp3) is 0.440. The van der Waals surface area contributed by atoms with Crippen LogP contribution in [-0.4, -0.2) is 56.2 Å². The Hall–Kier alpha value is -3.20. The van der Waals surface area contributed by atoms with Gasteiger partial charge in [0.15, 0.2) is 0 Å². The second-order valence-corrected chi connectivity index (χ2v) is 9.79. The molecule has 0 unspecified atom stereocenters. The van der Waals surface area contributed by atoms with Gasteiger partial charge in [0.1, 0.15) is 10.5 Å². The van der Waals surface area contributed by atoms with E-state index < -0.39 is 0 Å². The average molecular weight is 479 g/mol. The van der Waals surface area contributed by atoms with Crippen LogP contribution in [0.5, 0.6) is 0 Å². The van der Waals surface area contributed by atoms with E-state index in [0.717, 1.165) is 48.6 Å². The van der Waals surface area contributed by atoms with Crippen molar-refractivity contribution in [2.75, 3.05) is 31.1 Å². The Morgan fingerprint density at radius 1 is 1.09 bits per heavy atom. The molecule has 1 atom stereocenters. The summed E-state index contributed by atoms with van der Waals surface area (Å²) in [7, 11) is 0. The predicted molar refractivity (Wildman–Crippen MR) is 136 cm³/mol. The molecule has 5 rings (SSSR count). The smallest absolute Gasteiger partial charge is 0.273 e. The molecular formula is C25H30N6O2S. The van der Waals surface area contributed by atoms with Crippen LogP contribution in [0.15, 0.2) is 46.6 Å². The molecule has 0 spiro atoms. The number of carbonyl (C=O) groups is 1. The lowest BCUT2D eigenvalue weighted by molar-refractivity contribution is -0.131. The van der Waals surface area contributed by atoms with Crippen molar-refractivity contribution >= 4 is 38.9 Å². The van der Waals surface area contributed by atoms with Crippen molar-refractivity contribution in [3.8, 4) is 0 Å². The first-order valence-electron chi connectivity index (χ1n) is 12.0. The van der Waals surface area contributed by atoms with Crippen LogP contribution in [0.1, 0.15) is 45.0 Å². The number of rotatable bonds is 7. The van der Waals surface area contributed by atoms with Crippen LogP contribution < -0.4 is 10.5 Å². The summed E-state index contributed by atoms with van der Waals surface area (Å²) in [6.45, 7) is 7.30. The molecule has 0 N–H and O–H groups in total. The first kappa shape index (κ1) is 22.6. The third-order valence-corrected chi connectivity index (χ3v) is 7.69. The minimum absolute atomic E-state index is 0.00405. The molecule has 1 aromatic carbocycles. The normalized spacial score (nSPS) is 15.4. The van der Waals surface area contributed by atoms with Crippen LogP contribution in [0.2, 0.25) is 0 Å². The highest BCUT2D eigenvalue weighted by Crippen LogP contribution is 2.23. The van der Waals surface area contributed by atoms with E-state index in [9.17, 15) is 9.59 Å². The van der Waals surface area contributed by atoms with Gasteiger partial charge >= 0.3 is 0 Å². The molecule has 8 nitrogen and oxygen atoms in total. The Morgan fingerprint density at radius 2 is 1.85 bits per heavy atom. The summed E-state index contributed by atoms with van der Waals surface area (Å²) in [5.74, 6) is 1.58. The summed E-state index contributed by atoms with van der Waals surface area (Å²) in [6.07, 6.45) is 2.66. The van der Waals surface area contributed by atoms with E-state index in [-0.39, 0.29) is 17.5 Å². The van der Waals surface area contributed by atoms with Gasteiger partial charge < -0.3 is 9.80 Å². The van der Waals surface area contributed by atoms with Gasteiger partial charge in [-0.05, 0) is 43.3 Å². The van der Waals surface area contributed by atoms with Gasteiger partial charge in [-0.3, -0.25) is 18.6 Å². The molecule has 9 heteroatoms. The van der Waals surface area contributed by atoms with Crippen molar-refractivity contribution < 1.29 is 4.79 Å². The number of aromatic nitrogens is 4. The highest BCUT2D eigenvalue weighted by Gasteiger charge is 2.22. The number of piperazine rings is 1. The highest BCUT2D eigenvalue weighted by atomic mass is 32.1. The Balaban J connectivity index is 1.26. The van der Waals surface area contributed by atoms with Gasteiger partial charge in [0.25, 0.3) is 5.56 Å². The molecule has 1 aliphatic rings. The Kier molecular flexibility index (Phi) is 6.36. The minimum Gasteiger partial charge on any atom is -0.368 e. The largest absolute Gasteiger partial charge is 0.368 e. The molecule has 178 valence electrons. The predicted octanol–water partition coefficient (Wildman–Crippen LogP) is 3.75. The van der Waals surface area contributed by atoms with Gasteiger partial charge in [-0.1, -0.05) is 25.1 Å². The number of carbonyl (C=O) groups excluding carboxylic acids is 1. The van der Waals surface area contributed by atoms with Gasteiger partial charge in [0.2, 0.25) is 11.7 Å². The first-order chi connectivity index (χ1) is 16.6. The number of para-hydroxylation sites is 1. The van der Waals surface area contributed by atoms with Crippen molar-refractivity contribution in [3.05, 3.63) is 58.0 Å². The molecule has 1 fully saturated rings. The quantitative estimate of drug-likeness (QED) is 0.404. The number of hydrogen-bond donors (Lipinski definition) is 0. The van der Waals surface area contributed by atoms with E-state index in [4.69, 9.17) is 0 Å². The molecule has 34 heavy (non-hydrogen) atoms. The van der Waals surface area contributed by atoms with E-state index in [1.165, 1.54) is 17.0 Å². The van der Waals surface area contributed by atoms with E-state index in [1.807, 2.05) is 45.9 Å². The Morgan fingerprint density at radius 3 is 2.59 bits per heavy atom. The maximum Gasteiger partial charge on any atom is 0.273 e. The summed E-state index contributed by atoms with van der Waals surface area (Å²) >= 11 is 1.45. The zero-order valence-electron chi connectivity index (χ0n) is 19.7. The lowest BCUT2D eigenvalue weighted by atomic mass is 10.2. The number of hydrogen-bond acceptors (Lipinski definition) is 6. The third kappa shape index (κ3) is 4.09. The lowest BCUT2D eigenvalue weighted by Crippen LogP contribution is -2.48. The standard InChI is InChI=1S/C25H30N6O2S/c1-3-18(2)30-24(33)23-20(12-17-34-23)31-21(26-27-25(30)31)10-7-11-22(32)29-15-13-28(14-16-29)19-8-5-4-6-9-19/h4-6,8-9,12,17-18H,3,7,10-11,13-16H2,1-2H3/t18-/m0/s1. The number of aryl methyl sites for hydroxylation is 1. The van der Waals surface area contributed by atoms with Gasteiger partial charge in [0.05, 0.1) is 5.52 Å². The van der Waals surface area contributed by atoms with Crippen LogP contribution in [-0.2, 0) is 11.2 Å². The van der Waals surface area contributed by atoms with Crippen molar-refractivity contribution in [3.63, 3.8) is 0 Å². The zero-order valence-corrected chi connectivity index (χ0v) is 20.5. The number of benzene rings is 1. The number of nitrogens with zero attached hydrogens (tertiary/aromatic N) is 6.